The molecule has 0 bridgehead atoms. The highest BCUT2D eigenvalue weighted by molar-refractivity contribution is 7.98. The molecule has 0 aliphatic carbocycles. The van der Waals surface area contributed by atoms with Crippen molar-refractivity contribution in [2.75, 3.05) is 6.26 Å². The number of aromatic nitrogens is 2. The van der Waals surface area contributed by atoms with Gasteiger partial charge in [0.05, 0.1) is 6.20 Å². The Labute approximate surface area is 147 Å². The maximum Gasteiger partial charge on any atom is 0.362 e. The molecule has 3 rings (SSSR count). The minimum Gasteiger partial charge on any atom is -0.422 e. The first kappa shape index (κ1) is 16.5. The van der Waals surface area contributed by atoms with Gasteiger partial charge in [-0.3, -0.25) is 4.57 Å². The van der Waals surface area contributed by atoms with Gasteiger partial charge in [0, 0.05) is 10.7 Å². The fourth-order valence-electron chi connectivity index (χ4n) is 2.12. The first-order valence-electron chi connectivity index (χ1n) is 6.94. The molecule has 0 N–H and O–H groups in total. The highest BCUT2D eigenvalue weighted by Gasteiger charge is 2.19. The van der Waals surface area contributed by atoms with Crippen molar-refractivity contribution < 1.29 is 13.9 Å². The first-order valence-corrected chi connectivity index (χ1v) is 8.54. The van der Waals surface area contributed by atoms with Gasteiger partial charge in [0.25, 0.3) is 0 Å². The zero-order valence-electron chi connectivity index (χ0n) is 12.6. The van der Waals surface area contributed by atoms with E-state index < -0.39 is 5.97 Å². The lowest BCUT2D eigenvalue weighted by molar-refractivity contribution is 0.0725. The summed E-state index contributed by atoms with van der Waals surface area (Å²) < 4.78 is 20.1. The van der Waals surface area contributed by atoms with Crippen molar-refractivity contribution >= 4 is 29.3 Å². The van der Waals surface area contributed by atoms with Gasteiger partial charge >= 0.3 is 5.97 Å². The van der Waals surface area contributed by atoms with Gasteiger partial charge in [0.2, 0.25) is 0 Å². The maximum absolute atomic E-state index is 13.2. The Morgan fingerprint density at radius 3 is 2.46 bits per heavy atom. The van der Waals surface area contributed by atoms with Crippen LogP contribution in [-0.2, 0) is 0 Å². The lowest BCUT2D eigenvalue weighted by Gasteiger charge is -2.10. The van der Waals surface area contributed by atoms with Crippen LogP contribution in [0.5, 0.6) is 5.75 Å². The second-order valence-electron chi connectivity index (χ2n) is 4.79. The normalized spacial score (nSPS) is 10.6. The van der Waals surface area contributed by atoms with Gasteiger partial charge in [0.15, 0.2) is 10.9 Å². The number of esters is 1. The molecule has 0 aliphatic rings. The summed E-state index contributed by atoms with van der Waals surface area (Å²) in [5.74, 6) is -0.536. The Hall–Kier alpha value is -2.31. The molecule has 7 heteroatoms. The maximum atomic E-state index is 13.2. The largest absolute Gasteiger partial charge is 0.422 e. The fraction of sp³-hybridized carbons (Fsp3) is 0.0588. The molecule has 0 amide bonds. The van der Waals surface area contributed by atoms with Gasteiger partial charge in [0.1, 0.15) is 11.6 Å². The van der Waals surface area contributed by atoms with Crippen molar-refractivity contribution in [2.24, 2.45) is 0 Å². The monoisotopic (exact) mass is 362 g/mol. The predicted molar refractivity (Wildman–Crippen MR) is 91.7 cm³/mol. The molecule has 24 heavy (non-hydrogen) atoms. The van der Waals surface area contributed by atoms with E-state index in [-0.39, 0.29) is 11.5 Å². The van der Waals surface area contributed by atoms with Crippen LogP contribution in [0.3, 0.4) is 0 Å². The van der Waals surface area contributed by atoms with E-state index >= 15 is 0 Å². The van der Waals surface area contributed by atoms with Crippen LogP contribution in [0.2, 0.25) is 5.02 Å². The number of hydrogen-bond acceptors (Lipinski definition) is 4. The number of carbonyl (C=O) groups excluding carboxylic acids is 1. The highest BCUT2D eigenvalue weighted by atomic mass is 35.5. The smallest absolute Gasteiger partial charge is 0.362 e. The molecule has 2 aromatic carbocycles. The van der Waals surface area contributed by atoms with E-state index in [1.54, 1.807) is 41.0 Å². The van der Waals surface area contributed by atoms with Crippen LogP contribution < -0.4 is 4.74 Å². The van der Waals surface area contributed by atoms with E-state index in [0.29, 0.717) is 21.6 Å². The van der Waals surface area contributed by atoms with Crippen molar-refractivity contribution in [3.8, 4) is 11.4 Å². The van der Waals surface area contributed by atoms with Gasteiger partial charge in [-0.15, -0.1) is 0 Å². The van der Waals surface area contributed by atoms with Crippen LogP contribution in [0.1, 0.15) is 10.5 Å². The van der Waals surface area contributed by atoms with Gasteiger partial charge in [-0.25, -0.2) is 14.2 Å². The standard InChI is InChI=1S/C17H12ClFN2O2S/c1-24-17-20-10-15(21(17)13-6-4-12(19)5-7-13)16(22)23-14-8-2-11(18)3-9-14/h2-10H,1H3. The summed E-state index contributed by atoms with van der Waals surface area (Å²) in [4.78, 5) is 16.7. The molecule has 122 valence electrons. The molecular formula is C17H12ClFN2O2S. The van der Waals surface area contributed by atoms with Crippen LogP contribution in [0.25, 0.3) is 5.69 Å². The fourth-order valence-corrected chi connectivity index (χ4v) is 2.79. The van der Waals surface area contributed by atoms with Gasteiger partial charge in [-0.05, 0) is 54.8 Å². The molecule has 0 atom stereocenters. The summed E-state index contributed by atoms with van der Waals surface area (Å²) in [7, 11) is 0. The molecule has 0 radical (unpaired) electrons. The van der Waals surface area contributed by atoms with Crippen LogP contribution >= 0.6 is 23.4 Å². The van der Waals surface area contributed by atoms with Gasteiger partial charge < -0.3 is 4.74 Å². The molecule has 0 fully saturated rings. The van der Waals surface area contributed by atoms with Gasteiger partial charge in [-0.2, -0.15) is 0 Å². The third-order valence-corrected chi connectivity index (χ3v) is 4.14. The summed E-state index contributed by atoms with van der Waals surface area (Å²) >= 11 is 7.19. The second-order valence-corrected chi connectivity index (χ2v) is 6.00. The molecule has 1 heterocycles. The number of nitrogens with zero attached hydrogens (tertiary/aromatic N) is 2. The third kappa shape index (κ3) is 3.44. The minimum atomic E-state index is -0.561. The molecule has 3 aromatic rings. The molecule has 4 nitrogen and oxygen atoms in total. The number of thioether (sulfide) groups is 1. The number of carbonyl (C=O) groups is 1. The number of hydrogen-bond donors (Lipinski definition) is 0. The summed E-state index contributed by atoms with van der Waals surface area (Å²) in [6.45, 7) is 0. The summed E-state index contributed by atoms with van der Waals surface area (Å²) in [6.07, 6.45) is 3.28. The molecule has 0 spiro atoms. The molecule has 0 saturated carbocycles. The zero-order valence-corrected chi connectivity index (χ0v) is 14.1. The number of imidazole rings is 1. The Balaban J connectivity index is 1.95. The van der Waals surface area contributed by atoms with Crippen molar-refractivity contribution in [1.82, 2.24) is 9.55 Å². The molecule has 0 saturated heterocycles. The number of benzene rings is 2. The highest BCUT2D eigenvalue weighted by Crippen LogP contribution is 2.23. The van der Waals surface area contributed by atoms with Crippen molar-refractivity contribution in [3.05, 3.63) is 71.3 Å². The molecule has 0 aliphatic heterocycles. The average Bonchev–Trinajstić information content (AvgIpc) is 3.02. The van der Waals surface area contributed by atoms with Crippen LogP contribution in [0.15, 0.2) is 59.9 Å². The Kier molecular flexibility index (Phi) is 4.87. The number of ether oxygens (including phenoxy) is 1. The van der Waals surface area contributed by atoms with Crippen molar-refractivity contribution in [2.45, 2.75) is 5.16 Å². The molecule has 0 unspecified atom stereocenters. The lowest BCUT2D eigenvalue weighted by atomic mass is 10.3. The van der Waals surface area contributed by atoms with E-state index in [4.69, 9.17) is 16.3 Å². The van der Waals surface area contributed by atoms with E-state index in [0.717, 1.165) is 0 Å². The van der Waals surface area contributed by atoms with E-state index in [2.05, 4.69) is 4.98 Å². The minimum absolute atomic E-state index is 0.251. The summed E-state index contributed by atoms with van der Waals surface area (Å²) in [6, 6.07) is 12.3. The lowest BCUT2D eigenvalue weighted by Crippen LogP contribution is -2.14. The van der Waals surface area contributed by atoms with Crippen LogP contribution in [0.4, 0.5) is 4.39 Å². The van der Waals surface area contributed by atoms with Crippen molar-refractivity contribution in [1.29, 1.82) is 0 Å². The summed E-state index contributed by atoms with van der Waals surface area (Å²) in [5.41, 5.74) is 0.877. The molecular weight excluding hydrogens is 351 g/mol. The van der Waals surface area contributed by atoms with E-state index in [9.17, 15) is 9.18 Å². The van der Waals surface area contributed by atoms with E-state index in [1.807, 2.05) is 6.26 Å². The van der Waals surface area contributed by atoms with Crippen molar-refractivity contribution in [3.63, 3.8) is 0 Å². The average molecular weight is 363 g/mol. The van der Waals surface area contributed by atoms with Crippen LogP contribution in [-0.4, -0.2) is 21.8 Å². The quantitative estimate of drug-likeness (QED) is 0.386. The number of rotatable bonds is 4. The third-order valence-electron chi connectivity index (χ3n) is 3.23. The first-order chi connectivity index (χ1) is 11.6. The van der Waals surface area contributed by atoms with Gasteiger partial charge in [-0.1, -0.05) is 23.4 Å². The topological polar surface area (TPSA) is 44.1 Å². The Morgan fingerprint density at radius 2 is 1.83 bits per heavy atom. The Morgan fingerprint density at radius 1 is 1.17 bits per heavy atom. The number of halogens is 2. The van der Waals surface area contributed by atoms with E-state index in [1.165, 1.54) is 30.1 Å². The molecule has 1 aromatic heterocycles. The SMILES string of the molecule is CSc1ncc(C(=O)Oc2ccc(Cl)cc2)n1-c1ccc(F)cc1. The second kappa shape index (κ2) is 7.07. The zero-order chi connectivity index (χ0) is 17.1. The summed E-state index contributed by atoms with van der Waals surface area (Å²) in [5, 5.41) is 1.15. The Bertz CT molecular complexity index is 863. The predicted octanol–water partition coefficient (Wildman–Crippen LogP) is 4.61. The van der Waals surface area contributed by atoms with Crippen LogP contribution in [0, 0.1) is 5.82 Å².